The summed E-state index contributed by atoms with van der Waals surface area (Å²) in [7, 11) is 1.68. The first-order valence-electron chi connectivity index (χ1n) is 13.7. The van der Waals surface area contributed by atoms with Crippen LogP contribution in [0.5, 0.6) is 11.5 Å². The monoisotopic (exact) mass is 543 g/mol. The van der Waals surface area contributed by atoms with Gasteiger partial charge in [-0.2, -0.15) is 0 Å². The highest BCUT2D eigenvalue weighted by Gasteiger charge is 2.49. The standard InChI is InChI=1S/C31H42ClNO5/c1-9-37-25-13-19(12-20(32)29(25)38-18(2)3)26-27-21(14-30(4,5)16-23(27)34)33(10-11-36-8)22-15-31(6,7)17-24(35)28(22)26/h12-13,18,26H,9-11,14-17H2,1-8H3. The molecule has 0 radical (unpaired) electrons. The molecule has 0 fully saturated rings. The lowest BCUT2D eigenvalue weighted by molar-refractivity contribution is -0.119. The van der Waals surface area contributed by atoms with Crippen molar-refractivity contribution < 1.29 is 23.8 Å². The van der Waals surface area contributed by atoms with Gasteiger partial charge in [-0.05, 0) is 62.1 Å². The maximum absolute atomic E-state index is 13.9. The third kappa shape index (κ3) is 5.53. The minimum absolute atomic E-state index is 0.0874. The number of rotatable bonds is 8. The van der Waals surface area contributed by atoms with Crippen LogP contribution in [0.4, 0.5) is 0 Å². The van der Waals surface area contributed by atoms with Crippen LogP contribution in [0.3, 0.4) is 0 Å². The van der Waals surface area contributed by atoms with Crippen molar-refractivity contribution in [3.8, 4) is 11.5 Å². The fourth-order valence-electron chi connectivity index (χ4n) is 6.20. The van der Waals surface area contributed by atoms with Gasteiger partial charge >= 0.3 is 0 Å². The molecule has 208 valence electrons. The fourth-order valence-corrected chi connectivity index (χ4v) is 6.46. The van der Waals surface area contributed by atoms with Gasteiger partial charge in [-0.3, -0.25) is 9.59 Å². The Bertz CT molecular complexity index is 1140. The number of ether oxygens (including phenoxy) is 3. The Morgan fingerprint density at radius 3 is 2.00 bits per heavy atom. The quantitative estimate of drug-likeness (QED) is 0.357. The van der Waals surface area contributed by atoms with Crippen molar-refractivity contribution in [2.75, 3.05) is 26.9 Å². The van der Waals surface area contributed by atoms with Gasteiger partial charge in [0.05, 0.1) is 24.3 Å². The van der Waals surface area contributed by atoms with Crippen LogP contribution in [0.1, 0.15) is 85.6 Å². The Morgan fingerprint density at radius 2 is 1.53 bits per heavy atom. The van der Waals surface area contributed by atoms with Gasteiger partial charge in [-0.25, -0.2) is 0 Å². The molecule has 2 aliphatic carbocycles. The van der Waals surface area contributed by atoms with Crippen molar-refractivity contribution in [1.29, 1.82) is 0 Å². The molecular formula is C31H42ClNO5. The largest absolute Gasteiger partial charge is 0.490 e. The third-order valence-corrected chi connectivity index (χ3v) is 7.84. The first kappa shape index (κ1) is 28.7. The Balaban J connectivity index is 1.99. The van der Waals surface area contributed by atoms with Crippen molar-refractivity contribution in [2.45, 2.75) is 86.2 Å². The molecule has 1 heterocycles. The smallest absolute Gasteiger partial charge is 0.180 e. The van der Waals surface area contributed by atoms with E-state index in [-0.39, 0.29) is 28.5 Å². The summed E-state index contributed by atoms with van der Waals surface area (Å²) in [6, 6.07) is 3.77. The van der Waals surface area contributed by atoms with Crippen molar-refractivity contribution >= 4 is 23.2 Å². The molecular weight excluding hydrogens is 502 g/mol. The van der Waals surface area contributed by atoms with E-state index in [0.717, 1.165) is 29.8 Å². The summed E-state index contributed by atoms with van der Waals surface area (Å²) in [6.07, 6.45) is 2.28. The van der Waals surface area contributed by atoms with Crippen LogP contribution < -0.4 is 9.47 Å². The van der Waals surface area contributed by atoms with Gasteiger partial charge in [0.1, 0.15) is 0 Å². The van der Waals surface area contributed by atoms with Crippen LogP contribution in [0.25, 0.3) is 0 Å². The molecule has 3 aliphatic rings. The number of benzene rings is 1. The van der Waals surface area contributed by atoms with Gasteiger partial charge in [0.2, 0.25) is 0 Å². The lowest BCUT2D eigenvalue weighted by Crippen LogP contribution is -2.45. The number of hydrogen-bond acceptors (Lipinski definition) is 6. The van der Waals surface area contributed by atoms with E-state index in [9.17, 15) is 9.59 Å². The predicted molar refractivity (Wildman–Crippen MR) is 150 cm³/mol. The number of nitrogens with zero attached hydrogens (tertiary/aromatic N) is 1. The SMILES string of the molecule is CCOc1cc(C2C3=C(CC(C)(C)CC3=O)N(CCOC)C3=C2C(=O)CC(C)(C)C3)cc(Cl)c1OC(C)C. The zero-order valence-electron chi connectivity index (χ0n) is 24.1. The lowest BCUT2D eigenvalue weighted by atomic mass is 9.63. The molecule has 7 heteroatoms. The zero-order chi connectivity index (χ0) is 28.0. The second kappa shape index (κ2) is 10.7. The summed E-state index contributed by atoms with van der Waals surface area (Å²) in [4.78, 5) is 30.1. The summed E-state index contributed by atoms with van der Waals surface area (Å²) >= 11 is 6.81. The lowest BCUT2D eigenvalue weighted by Gasteiger charge is -2.49. The Labute approximate surface area is 232 Å². The molecule has 4 rings (SSSR count). The van der Waals surface area contributed by atoms with Gasteiger partial charge in [-0.15, -0.1) is 0 Å². The number of carbonyl (C=O) groups excluding carboxylic acids is 2. The maximum atomic E-state index is 13.9. The van der Waals surface area contributed by atoms with E-state index in [1.807, 2.05) is 32.9 Å². The van der Waals surface area contributed by atoms with E-state index in [1.165, 1.54) is 0 Å². The molecule has 6 nitrogen and oxygen atoms in total. The van der Waals surface area contributed by atoms with Crippen molar-refractivity contribution in [3.05, 3.63) is 45.3 Å². The number of hydrogen-bond donors (Lipinski definition) is 0. The van der Waals surface area contributed by atoms with Crippen LogP contribution in [-0.4, -0.2) is 49.4 Å². The molecule has 0 saturated heterocycles. The average molecular weight is 544 g/mol. The number of allylic oxidation sites excluding steroid dienone is 4. The first-order valence-corrected chi connectivity index (χ1v) is 14.1. The number of Topliss-reactive ketones (excluding diaryl/α,β-unsaturated/α-hetero) is 2. The van der Waals surface area contributed by atoms with Gasteiger partial charge < -0.3 is 19.1 Å². The van der Waals surface area contributed by atoms with Gasteiger partial charge in [0.15, 0.2) is 23.1 Å². The molecule has 0 amide bonds. The average Bonchev–Trinajstić information content (AvgIpc) is 2.77. The Morgan fingerprint density at radius 1 is 0.974 bits per heavy atom. The van der Waals surface area contributed by atoms with E-state index < -0.39 is 5.92 Å². The second-order valence-corrected chi connectivity index (χ2v) is 13.0. The third-order valence-electron chi connectivity index (χ3n) is 7.56. The van der Waals surface area contributed by atoms with Crippen LogP contribution in [0.2, 0.25) is 5.02 Å². The molecule has 0 N–H and O–H groups in total. The topological polar surface area (TPSA) is 65.1 Å². The number of methoxy groups -OCH3 is 1. The summed E-state index contributed by atoms with van der Waals surface area (Å²) in [5.74, 6) is 0.701. The van der Waals surface area contributed by atoms with Crippen molar-refractivity contribution in [1.82, 2.24) is 4.90 Å². The van der Waals surface area contributed by atoms with E-state index in [4.69, 9.17) is 25.8 Å². The summed E-state index contributed by atoms with van der Waals surface area (Å²) in [5, 5.41) is 0.415. The van der Waals surface area contributed by atoms with E-state index in [0.29, 0.717) is 60.3 Å². The van der Waals surface area contributed by atoms with Crippen molar-refractivity contribution in [2.24, 2.45) is 10.8 Å². The predicted octanol–water partition coefficient (Wildman–Crippen LogP) is 6.86. The highest BCUT2D eigenvalue weighted by Crippen LogP contribution is 2.55. The number of carbonyl (C=O) groups is 2. The minimum atomic E-state index is -0.490. The van der Waals surface area contributed by atoms with Gasteiger partial charge in [-0.1, -0.05) is 39.3 Å². The molecule has 1 aromatic rings. The highest BCUT2D eigenvalue weighted by molar-refractivity contribution is 6.32. The molecule has 0 spiro atoms. The van der Waals surface area contributed by atoms with Crippen molar-refractivity contribution in [3.63, 3.8) is 0 Å². The van der Waals surface area contributed by atoms with E-state index in [2.05, 4.69) is 32.6 Å². The molecule has 0 unspecified atom stereocenters. The summed E-state index contributed by atoms with van der Waals surface area (Å²) in [5.41, 5.74) is 3.87. The number of halogens is 1. The Kier molecular flexibility index (Phi) is 8.07. The molecule has 0 aromatic heterocycles. The summed E-state index contributed by atoms with van der Waals surface area (Å²) in [6.45, 7) is 15.9. The molecule has 38 heavy (non-hydrogen) atoms. The summed E-state index contributed by atoms with van der Waals surface area (Å²) < 4.78 is 17.5. The molecule has 0 saturated carbocycles. The minimum Gasteiger partial charge on any atom is -0.490 e. The molecule has 0 bridgehead atoms. The van der Waals surface area contributed by atoms with Crippen LogP contribution in [-0.2, 0) is 14.3 Å². The van der Waals surface area contributed by atoms with Crippen LogP contribution >= 0.6 is 11.6 Å². The second-order valence-electron chi connectivity index (χ2n) is 12.6. The van der Waals surface area contributed by atoms with Crippen LogP contribution in [0, 0.1) is 10.8 Å². The Hall–Kier alpha value is -2.31. The first-order chi connectivity index (χ1) is 17.8. The highest BCUT2D eigenvalue weighted by atomic mass is 35.5. The zero-order valence-corrected chi connectivity index (χ0v) is 24.9. The van der Waals surface area contributed by atoms with E-state index >= 15 is 0 Å². The normalized spacial score (nSPS) is 21.2. The van der Waals surface area contributed by atoms with Gasteiger partial charge in [0.25, 0.3) is 0 Å². The fraction of sp³-hybridized carbons (Fsp3) is 0.613. The van der Waals surface area contributed by atoms with Crippen LogP contribution in [0.15, 0.2) is 34.7 Å². The maximum Gasteiger partial charge on any atom is 0.180 e. The molecule has 0 atom stereocenters. The number of ketones is 2. The molecule has 1 aliphatic heterocycles. The van der Waals surface area contributed by atoms with E-state index in [1.54, 1.807) is 7.11 Å². The molecule has 1 aromatic carbocycles. The van der Waals surface area contributed by atoms with Gasteiger partial charge in [0, 0.05) is 55.0 Å².